The summed E-state index contributed by atoms with van der Waals surface area (Å²) in [6, 6.07) is 9.32. The normalized spacial score (nSPS) is 15.8. The van der Waals surface area contributed by atoms with E-state index in [9.17, 15) is 4.79 Å². The highest BCUT2D eigenvalue weighted by molar-refractivity contribution is 6.76. The molecule has 0 saturated carbocycles. The van der Waals surface area contributed by atoms with Gasteiger partial charge in [0.15, 0.2) is 11.4 Å². The molecule has 0 radical (unpaired) electrons. The van der Waals surface area contributed by atoms with E-state index in [4.69, 9.17) is 28.9 Å². The maximum atomic E-state index is 12.4. The summed E-state index contributed by atoms with van der Waals surface area (Å²) in [5.74, 6) is -1.04. The van der Waals surface area contributed by atoms with Crippen molar-refractivity contribution in [3.8, 4) is 11.3 Å². The molecule has 0 N–H and O–H groups in total. The molecule has 8 nitrogen and oxygen atoms in total. The minimum Gasteiger partial charge on any atom is -0.460 e. The fourth-order valence-electron chi connectivity index (χ4n) is 4.54. The number of carbonyl (C=O) groups is 1. The fraction of sp³-hybridized carbons (Fsp3) is 0.552. The third-order valence-electron chi connectivity index (χ3n) is 6.52. The van der Waals surface area contributed by atoms with Crippen LogP contribution in [0, 0.1) is 6.92 Å². The fourth-order valence-corrected chi connectivity index (χ4v) is 5.30. The molecule has 0 unspecified atom stereocenters. The Morgan fingerprint density at radius 2 is 1.79 bits per heavy atom. The van der Waals surface area contributed by atoms with Crippen LogP contribution in [0.2, 0.25) is 25.7 Å². The molecule has 1 aliphatic rings. The summed E-state index contributed by atoms with van der Waals surface area (Å²) in [5, 5.41) is 0. The van der Waals surface area contributed by atoms with Crippen molar-refractivity contribution >= 4 is 25.2 Å². The Morgan fingerprint density at radius 1 is 1.13 bits per heavy atom. The molecule has 1 aliphatic heterocycles. The number of ether oxygens (including phenoxy) is 4. The molecule has 0 bridgehead atoms. The first-order chi connectivity index (χ1) is 17.8. The highest BCUT2D eigenvalue weighted by Gasteiger charge is 2.33. The molecule has 38 heavy (non-hydrogen) atoms. The number of aromatic nitrogens is 3. The Balaban J connectivity index is 1.69. The molecule has 2 aromatic heterocycles. The number of benzene rings is 1. The number of nitrogens with zero attached hydrogens (tertiary/aromatic N) is 3. The van der Waals surface area contributed by atoms with Crippen molar-refractivity contribution in [3.05, 3.63) is 47.3 Å². The van der Waals surface area contributed by atoms with E-state index in [0.717, 1.165) is 39.6 Å². The van der Waals surface area contributed by atoms with E-state index in [1.807, 2.05) is 46.8 Å². The zero-order valence-corrected chi connectivity index (χ0v) is 25.0. The van der Waals surface area contributed by atoms with E-state index in [-0.39, 0.29) is 12.4 Å². The Hall–Kier alpha value is -2.59. The van der Waals surface area contributed by atoms with Gasteiger partial charge in [-0.3, -0.25) is 9.36 Å². The molecule has 0 aliphatic carbocycles. The van der Waals surface area contributed by atoms with Crippen LogP contribution in [0.1, 0.15) is 44.5 Å². The molecule has 1 aromatic carbocycles. The lowest BCUT2D eigenvalue weighted by Crippen LogP contribution is -2.25. The number of hydrogen-bond donors (Lipinski definition) is 0. The highest BCUT2D eigenvalue weighted by Crippen LogP contribution is 2.35. The average Bonchev–Trinajstić information content (AvgIpc) is 3.37. The number of esters is 1. The number of carbonyl (C=O) groups excluding carboxylic acids is 1. The molecule has 9 heteroatoms. The topological polar surface area (TPSA) is 84.7 Å². The molecule has 0 atom stereocenters. The van der Waals surface area contributed by atoms with Gasteiger partial charge in [0.1, 0.15) is 17.8 Å². The van der Waals surface area contributed by atoms with Crippen molar-refractivity contribution < 1.29 is 23.7 Å². The standard InChI is InChI=1S/C29H41N3O5Si/c1-20-25-27(30-18-23(31-25)17-24(33)37-28(2,3)4)32(19-34-15-16-38(6,7)8)26(20)21-9-11-22(12-10-21)29(5)35-13-14-36-29/h9-12,18H,13-17,19H2,1-8H3. The Bertz CT molecular complexity index is 1280. The van der Waals surface area contributed by atoms with Crippen LogP contribution >= 0.6 is 0 Å². The highest BCUT2D eigenvalue weighted by atomic mass is 28.3. The van der Waals surface area contributed by atoms with Crippen molar-refractivity contribution in [1.82, 2.24) is 14.5 Å². The number of fused-ring (bicyclic) bond motifs is 1. The maximum Gasteiger partial charge on any atom is 0.312 e. The lowest BCUT2D eigenvalue weighted by atomic mass is 10.0. The quantitative estimate of drug-likeness (QED) is 0.192. The summed E-state index contributed by atoms with van der Waals surface area (Å²) >= 11 is 0. The first-order valence-corrected chi connectivity index (χ1v) is 17.0. The molecule has 4 rings (SSSR count). The van der Waals surface area contributed by atoms with E-state index < -0.39 is 19.5 Å². The SMILES string of the molecule is Cc1c(-c2ccc(C3(C)OCCO3)cc2)n(COCC[Si](C)(C)C)c2ncc(CC(=O)OC(C)(C)C)nc12. The third-order valence-corrected chi connectivity index (χ3v) is 8.23. The Morgan fingerprint density at radius 3 is 2.39 bits per heavy atom. The molecule has 1 saturated heterocycles. The average molecular weight is 540 g/mol. The second kappa shape index (κ2) is 10.9. The van der Waals surface area contributed by atoms with E-state index >= 15 is 0 Å². The van der Waals surface area contributed by atoms with Gasteiger partial charge in [-0.2, -0.15) is 0 Å². The van der Waals surface area contributed by atoms with Crippen LogP contribution in [0.15, 0.2) is 30.5 Å². The minimum atomic E-state index is -1.22. The zero-order valence-electron chi connectivity index (χ0n) is 24.0. The molecular weight excluding hydrogens is 498 g/mol. The van der Waals surface area contributed by atoms with Crippen LogP contribution in [-0.4, -0.2) is 54.0 Å². The third kappa shape index (κ3) is 6.69. The van der Waals surface area contributed by atoms with Gasteiger partial charge in [0.2, 0.25) is 0 Å². The lowest BCUT2D eigenvalue weighted by molar-refractivity contribution is -0.154. The molecule has 206 valence electrons. The van der Waals surface area contributed by atoms with E-state index in [0.29, 0.717) is 32.2 Å². The molecule has 0 amide bonds. The van der Waals surface area contributed by atoms with Gasteiger partial charge in [0.25, 0.3) is 0 Å². The monoisotopic (exact) mass is 539 g/mol. The summed E-state index contributed by atoms with van der Waals surface area (Å²) in [5.41, 5.74) is 5.50. The summed E-state index contributed by atoms with van der Waals surface area (Å²) < 4.78 is 25.4. The number of aryl methyl sites for hydroxylation is 1. The van der Waals surface area contributed by atoms with Crippen molar-refractivity contribution in [2.75, 3.05) is 19.8 Å². The molecule has 0 spiro atoms. The van der Waals surface area contributed by atoms with Gasteiger partial charge in [-0.1, -0.05) is 43.9 Å². The Labute approximate surface area is 226 Å². The molecule has 1 fully saturated rings. The van der Waals surface area contributed by atoms with Crippen LogP contribution in [0.5, 0.6) is 0 Å². The summed E-state index contributed by atoms with van der Waals surface area (Å²) in [6.07, 6.45) is 1.73. The second-order valence-corrected chi connectivity index (χ2v) is 17.9. The van der Waals surface area contributed by atoms with Gasteiger partial charge in [0, 0.05) is 25.8 Å². The van der Waals surface area contributed by atoms with Crippen LogP contribution in [0.4, 0.5) is 0 Å². The van der Waals surface area contributed by atoms with Crippen molar-refractivity contribution in [2.45, 2.75) is 84.8 Å². The first-order valence-electron chi connectivity index (χ1n) is 13.3. The van der Waals surface area contributed by atoms with Gasteiger partial charge >= 0.3 is 5.97 Å². The first kappa shape index (κ1) is 28.4. The smallest absolute Gasteiger partial charge is 0.312 e. The van der Waals surface area contributed by atoms with Gasteiger partial charge in [-0.15, -0.1) is 0 Å². The van der Waals surface area contributed by atoms with Crippen LogP contribution in [0.3, 0.4) is 0 Å². The molecular formula is C29H41N3O5Si. The summed E-state index contributed by atoms with van der Waals surface area (Å²) in [4.78, 5) is 22.0. The summed E-state index contributed by atoms with van der Waals surface area (Å²) in [7, 11) is -1.22. The van der Waals surface area contributed by atoms with Crippen LogP contribution < -0.4 is 0 Å². The largest absolute Gasteiger partial charge is 0.460 e. The maximum absolute atomic E-state index is 12.4. The Kier molecular flexibility index (Phi) is 8.14. The van der Waals surface area contributed by atoms with Crippen LogP contribution in [0.25, 0.3) is 22.4 Å². The number of hydrogen-bond acceptors (Lipinski definition) is 7. The van der Waals surface area contributed by atoms with Crippen molar-refractivity contribution in [1.29, 1.82) is 0 Å². The predicted molar refractivity (Wildman–Crippen MR) is 151 cm³/mol. The van der Waals surface area contributed by atoms with Crippen molar-refractivity contribution in [2.24, 2.45) is 0 Å². The van der Waals surface area contributed by atoms with Gasteiger partial charge in [-0.25, -0.2) is 9.97 Å². The van der Waals surface area contributed by atoms with Crippen LogP contribution in [-0.2, 0) is 42.7 Å². The number of rotatable bonds is 9. The predicted octanol–water partition coefficient (Wildman–Crippen LogP) is 5.82. The van der Waals surface area contributed by atoms with E-state index in [1.54, 1.807) is 6.20 Å². The summed E-state index contributed by atoms with van der Waals surface area (Å²) in [6.45, 7) is 18.8. The zero-order chi connectivity index (χ0) is 27.7. The van der Waals surface area contributed by atoms with Gasteiger partial charge in [-0.05, 0) is 46.2 Å². The van der Waals surface area contributed by atoms with E-state index in [2.05, 4.69) is 36.3 Å². The molecule has 3 aromatic rings. The van der Waals surface area contributed by atoms with Gasteiger partial charge < -0.3 is 18.9 Å². The van der Waals surface area contributed by atoms with Crippen molar-refractivity contribution in [3.63, 3.8) is 0 Å². The van der Waals surface area contributed by atoms with Gasteiger partial charge in [0.05, 0.1) is 37.2 Å². The lowest BCUT2D eigenvalue weighted by Gasteiger charge is -2.23. The molecule has 3 heterocycles. The van der Waals surface area contributed by atoms with E-state index in [1.165, 1.54) is 0 Å². The second-order valence-electron chi connectivity index (χ2n) is 12.3. The minimum absolute atomic E-state index is 0.0696.